The van der Waals surface area contributed by atoms with Crippen LogP contribution < -0.4 is 5.73 Å². The van der Waals surface area contributed by atoms with Crippen molar-refractivity contribution >= 4 is 22.5 Å². The van der Waals surface area contributed by atoms with Crippen molar-refractivity contribution in [2.45, 2.75) is 18.4 Å². The van der Waals surface area contributed by atoms with Crippen molar-refractivity contribution in [3.63, 3.8) is 0 Å². The van der Waals surface area contributed by atoms with E-state index in [4.69, 9.17) is 17.3 Å². The van der Waals surface area contributed by atoms with Crippen molar-refractivity contribution in [3.8, 4) is 0 Å². The molecule has 2 nitrogen and oxygen atoms in total. The van der Waals surface area contributed by atoms with E-state index in [9.17, 15) is 0 Å². The molecule has 76 valence electrons. The molecule has 2 aromatic rings. The summed E-state index contributed by atoms with van der Waals surface area (Å²) in [6.45, 7) is 0. The first-order chi connectivity index (χ1) is 7.25. The molecule has 0 bridgehead atoms. The molecular formula is C12H11ClN2. The number of para-hydroxylation sites is 1. The third-order valence-corrected chi connectivity index (χ3v) is 3.25. The highest BCUT2D eigenvalue weighted by Gasteiger charge is 2.36. The Kier molecular flexibility index (Phi) is 1.94. The Labute approximate surface area is 93.1 Å². The lowest BCUT2D eigenvalue weighted by atomic mass is 10.1. The monoisotopic (exact) mass is 218 g/mol. The van der Waals surface area contributed by atoms with Gasteiger partial charge in [0, 0.05) is 17.3 Å². The molecule has 1 aromatic heterocycles. The second-order valence-corrected chi connectivity index (χ2v) is 4.43. The van der Waals surface area contributed by atoms with E-state index in [0.29, 0.717) is 11.1 Å². The van der Waals surface area contributed by atoms with Crippen LogP contribution >= 0.6 is 11.6 Å². The number of nitrogens with two attached hydrogens (primary N) is 1. The first kappa shape index (κ1) is 9.13. The average Bonchev–Trinajstić information content (AvgIpc) is 2.94. The van der Waals surface area contributed by atoms with Crippen LogP contribution in [0.3, 0.4) is 0 Å². The molecule has 1 aliphatic carbocycles. The van der Waals surface area contributed by atoms with Gasteiger partial charge in [-0.25, -0.2) is 4.98 Å². The lowest BCUT2D eigenvalue weighted by Gasteiger charge is -2.04. The number of nitrogens with zero attached hydrogens (tertiary/aromatic N) is 1. The van der Waals surface area contributed by atoms with Gasteiger partial charge in [-0.15, -0.1) is 0 Å². The van der Waals surface area contributed by atoms with Crippen LogP contribution in [0.25, 0.3) is 10.9 Å². The van der Waals surface area contributed by atoms with Crippen molar-refractivity contribution in [2.24, 2.45) is 5.73 Å². The number of hydrogen-bond donors (Lipinski definition) is 1. The fourth-order valence-electron chi connectivity index (χ4n) is 1.94. The van der Waals surface area contributed by atoms with Gasteiger partial charge in [-0.2, -0.15) is 0 Å². The van der Waals surface area contributed by atoms with Gasteiger partial charge in [-0.1, -0.05) is 29.8 Å². The maximum absolute atomic E-state index is 6.14. The molecule has 0 spiro atoms. The minimum atomic E-state index is 0.269. The van der Waals surface area contributed by atoms with Crippen LogP contribution in [0.5, 0.6) is 0 Å². The number of fused-ring (bicyclic) bond motifs is 1. The first-order valence-electron chi connectivity index (χ1n) is 5.06. The van der Waals surface area contributed by atoms with Gasteiger partial charge in [-0.3, -0.25) is 0 Å². The zero-order chi connectivity index (χ0) is 10.4. The minimum Gasteiger partial charge on any atom is -0.327 e. The van der Waals surface area contributed by atoms with E-state index in [1.54, 1.807) is 0 Å². The zero-order valence-corrected chi connectivity index (χ0v) is 8.91. The molecule has 1 aliphatic rings. The third kappa shape index (κ3) is 1.50. The molecule has 0 aliphatic heterocycles. The van der Waals surface area contributed by atoms with Crippen molar-refractivity contribution in [1.29, 1.82) is 0 Å². The molecule has 2 N–H and O–H groups in total. The summed E-state index contributed by atoms with van der Waals surface area (Å²) in [7, 11) is 0. The highest BCUT2D eigenvalue weighted by atomic mass is 35.5. The molecule has 0 unspecified atom stereocenters. The van der Waals surface area contributed by atoms with Gasteiger partial charge in [0.2, 0.25) is 0 Å². The van der Waals surface area contributed by atoms with Gasteiger partial charge in [0.1, 0.15) is 5.15 Å². The minimum absolute atomic E-state index is 0.269. The average molecular weight is 219 g/mol. The Morgan fingerprint density at radius 3 is 2.80 bits per heavy atom. The summed E-state index contributed by atoms with van der Waals surface area (Å²) in [4.78, 5) is 4.38. The normalized spacial score (nSPS) is 24.4. The molecule has 1 heterocycles. The Balaban J connectivity index is 2.19. The van der Waals surface area contributed by atoms with Crippen LogP contribution in [-0.2, 0) is 0 Å². The van der Waals surface area contributed by atoms with Crippen LogP contribution in [-0.4, -0.2) is 11.0 Å². The Morgan fingerprint density at radius 2 is 2.07 bits per heavy atom. The molecular weight excluding hydrogens is 208 g/mol. The lowest BCUT2D eigenvalue weighted by Crippen LogP contribution is -2.01. The molecule has 0 saturated heterocycles. The number of halogens is 1. The Hall–Kier alpha value is -1.12. The van der Waals surface area contributed by atoms with Crippen molar-refractivity contribution in [3.05, 3.63) is 41.0 Å². The quantitative estimate of drug-likeness (QED) is 0.748. The Bertz CT molecular complexity index is 524. The van der Waals surface area contributed by atoms with Gasteiger partial charge < -0.3 is 5.73 Å². The molecule has 0 radical (unpaired) electrons. The smallest absolute Gasteiger partial charge is 0.133 e. The summed E-state index contributed by atoms with van der Waals surface area (Å²) in [6.07, 6.45) is 1.03. The maximum Gasteiger partial charge on any atom is 0.133 e. The summed E-state index contributed by atoms with van der Waals surface area (Å²) in [5, 5.41) is 1.74. The second kappa shape index (κ2) is 3.19. The third-order valence-electron chi connectivity index (χ3n) is 2.94. The molecule has 15 heavy (non-hydrogen) atoms. The highest BCUT2D eigenvalue weighted by molar-refractivity contribution is 6.30. The number of rotatable bonds is 1. The number of aromatic nitrogens is 1. The van der Waals surface area contributed by atoms with Gasteiger partial charge in [0.25, 0.3) is 0 Å². The number of pyridine rings is 1. The molecule has 2 atom stereocenters. The van der Waals surface area contributed by atoms with Gasteiger partial charge in [0.15, 0.2) is 0 Å². The van der Waals surface area contributed by atoms with Crippen molar-refractivity contribution < 1.29 is 0 Å². The number of hydrogen-bond acceptors (Lipinski definition) is 2. The topological polar surface area (TPSA) is 38.9 Å². The maximum atomic E-state index is 6.14. The predicted molar refractivity (Wildman–Crippen MR) is 62.1 cm³/mol. The summed E-state index contributed by atoms with van der Waals surface area (Å²) in [6, 6.07) is 10.4. The van der Waals surface area contributed by atoms with Gasteiger partial charge >= 0.3 is 0 Å². The van der Waals surface area contributed by atoms with Crippen molar-refractivity contribution in [1.82, 2.24) is 4.98 Å². The molecule has 1 fully saturated rings. The van der Waals surface area contributed by atoms with Gasteiger partial charge in [0.05, 0.1) is 5.52 Å². The molecule has 3 rings (SSSR count). The molecule has 0 amide bonds. The van der Waals surface area contributed by atoms with Crippen molar-refractivity contribution in [2.75, 3.05) is 0 Å². The van der Waals surface area contributed by atoms with E-state index >= 15 is 0 Å². The lowest BCUT2D eigenvalue weighted by molar-refractivity contribution is 0.985. The fraction of sp³-hybridized carbons (Fsp3) is 0.250. The molecule has 1 aromatic carbocycles. The van der Waals surface area contributed by atoms with Crippen LogP contribution in [0, 0.1) is 0 Å². The second-order valence-electron chi connectivity index (χ2n) is 4.07. The largest absolute Gasteiger partial charge is 0.327 e. The number of benzene rings is 1. The van der Waals surface area contributed by atoms with E-state index in [1.165, 1.54) is 0 Å². The Morgan fingerprint density at radius 1 is 1.33 bits per heavy atom. The summed E-state index contributed by atoms with van der Waals surface area (Å²) < 4.78 is 0. The van der Waals surface area contributed by atoms with Crippen LogP contribution in [0.1, 0.15) is 17.9 Å². The van der Waals surface area contributed by atoms with E-state index < -0.39 is 0 Å². The predicted octanol–water partition coefficient (Wildman–Crippen LogP) is 2.70. The molecule has 3 heteroatoms. The summed E-state index contributed by atoms with van der Waals surface area (Å²) in [5.41, 5.74) is 7.87. The van der Waals surface area contributed by atoms with E-state index in [0.717, 1.165) is 22.9 Å². The summed E-state index contributed by atoms with van der Waals surface area (Å²) in [5.74, 6) is 0.412. The SMILES string of the molecule is N[C@@H]1C[C@H]1c1cc2ccccc2nc1Cl. The van der Waals surface area contributed by atoms with Crippen LogP contribution in [0.2, 0.25) is 5.15 Å². The van der Waals surface area contributed by atoms with Crippen LogP contribution in [0.15, 0.2) is 30.3 Å². The fourth-order valence-corrected chi connectivity index (χ4v) is 2.23. The highest BCUT2D eigenvalue weighted by Crippen LogP contribution is 2.42. The standard InChI is InChI=1S/C12H11ClN2/c13-12-9(8-6-10(8)14)5-7-3-1-2-4-11(7)15-12/h1-5,8,10H,6,14H2/t8-,10+/m0/s1. The van der Waals surface area contributed by atoms with Gasteiger partial charge in [-0.05, 0) is 24.1 Å². The van der Waals surface area contributed by atoms with E-state index in [1.807, 2.05) is 18.2 Å². The summed E-state index contributed by atoms with van der Waals surface area (Å²) >= 11 is 6.14. The van der Waals surface area contributed by atoms with E-state index in [-0.39, 0.29) is 6.04 Å². The zero-order valence-electron chi connectivity index (χ0n) is 8.15. The van der Waals surface area contributed by atoms with E-state index in [2.05, 4.69) is 17.1 Å². The van der Waals surface area contributed by atoms with Crippen LogP contribution in [0.4, 0.5) is 0 Å². The first-order valence-corrected chi connectivity index (χ1v) is 5.44. The molecule has 1 saturated carbocycles.